The second kappa shape index (κ2) is 5.28. The Morgan fingerprint density at radius 3 is 2.70 bits per heavy atom. The Balaban J connectivity index is 1.92. The van der Waals surface area contributed by atoms with Crippen molar-refractivity contribution in [3.63, 3.8) is 0 Å². The number of carbonyl (C=O) groups is 1. The van der Waals surface area contributed by atoms with Crippen LogP contribution in [0.1, 0.15) is 15.9 Å². The van der Waals surface area contributed by atoms with Crippen molar-refractivity contribution in [2.75, 3.05) is 7.11 Å². The fourth-order valence-electron chi connectivity index (χ4n) is 2.70. The van der Waals surface area contributed by atoms with Gasteiger partial charge < -0.3 is 13.9 Å². The Morgan fingerprint density at radius 2 is 1.96 bits per heavy atom. The normalized spacial score (nSPS) is 15.0. The van der Waals surface area contributed by atoms with Gasteiger partial charge in [-0.25, -0.2) is 0 Å². The molecular formula is C18H11BrO4. The van der Waals surface area contributed by atoms with E-state index in [-0.39, 0.29) is 11.5 Å². The van der Waals surface area contributed by atoms with Gasteiger partial charge in [0.25, 0.3) is 0 Å². The predicted molar refractivity (Wildman–Crippen MR) is 89.8 cm³/mol. The van der Waals surface area contributed by atoms with Gasteiger partial charge >= 0.3 is 0 Å². The average Bonchev–Trinajstić information content (AvgIpc) is 3.17. The highest BCUT2D eigenvalue weighted by Gasteiger charge is 2.36. The maximum atomic E-state index is 12.8. The third kappa shape index (κ3) is 2.08. The van der Waals surface area contributed by atoms with Gasteiger partial charge in [0.15, 0.2) is 17.1 Å². The zero-order chi connectivity index (χ0) is 16.0. The van der Waals surface area contributed by atoms with Crippen LogP contribution in [0, 0.1) is 0 Å². The molecule has 23 heavy (non-hydrogen) atoms. The zero-order valence-electron chi connectivity index (χ0n) is 12.1. The van der Waals surface area contributed by atoms with Crippen LogP contribution in [-0.4, -0.2) is 12.9 Å². The SMILES string of the molecule is COc1c2c(c(Br)c3occc13)O/C(=C\c1ccccc1)C2=O. The molecule has 0 radical (unpaired) electrons. The van der Waals surface area contributed by atoms with Crippen molar-refractivity contribution < 1.29 is 18.7 Å². The van der Waals surface area contributed by atoms with Crippen LogP contribution in [0.5, 0.6) is 11.5 Å². The molecule has 1 aliphatic rings. The van der Waals surface area contributed by atoms with Crippen LogP contribution in [-0.2, 0) is 0 Å². The average molecular weight is 371 g/mol. The number of fused-ring (bicyclic) bond motifs is 2. The molecule has 0 amide bonds. The number of methoxy groups -OCH3 is 1. The number of hydrogen-bond donors (Lipinski definition) is 0. The summed E-state index contributed by atoms with van der Waals surface area (Å²) in [5.74, 6) is 0.951. The maximum Gasteiger partial charge on any atom is 0.235 e. The topological polar surface area (TPSA) is 48.7 Å². The van der Waals surface area contributed by atoms with Crippen molar-refractivity contribution in [1.82, 2.24) is 0 Å². The summed E-state index contributed by atoms with van der Waals surface area (Å²) in [6, 6.07) is 11.3. The highest BCUT2D eigenvalue weighted by molar-refractivity contribution is 9.10. The minimum Gasteiger partial charge on any atom is -0.495 e. The first-order valence-electron chi connectivity index (χ1n) is 6.96. The lowest BCUT2D eigenvalue weighted by Gasteiger charge is -2.07. The van der Waals surface area contributed by atoms with Crippen molar-refractivity contribution in [1.29, 1.82) is 0 Å². The molecule has 4 rings (SSSR count). The molecule has 0 fully saturated rings. The largest absolute Gasteiger partial charge is 0.495 e. The fraction of sp³-hybridized carbons (Fsp3) is 0.0556. The quantitative estimate of drug-likeness (QED) is 0.606. The van der Waals surface area contributed by atoms with Crippen molar-refractivity contribution in [3.8, 4) is 11.5 Å². The first-order chi connectivity index (χ1) is 11.2. The predicted octanol–water partition coefficient (Wildman–Crippen LogP) is 4.82. The van der Waals surface area contributed by atoms with Crippen LogP contribution in [0.3, 0.4) is 0 Å². The van der Waals surface area contributed by atoms with Crippen LogP contribution in [0.25, 0.3) is 17.0 Å². The molecule has 0 spiro atoms. The van der Waals surface area contributed by atoms with Crippen LogP contribution in [0.2, 0.25) is 0 Å². The second-order valence-corrected chi connectivity index (χ2v) is 5.86. The van der Waals surface area contributed by atoms with Crippen molar-refractivity contribution in [2.45, 2.75) is 0 Å². The molecular weight excluding hydrogens is 360 g/mol. The minimum atomic E-state index is -0.204. The molecule has 5 heteroatoms. The highest BCUT2D eigenvalue weighted by Crippen LogP contribution is 2.49. The maximum absolute atomic E-state index is 12.8. The molecule has 2 heterocycles. The fourth-order valence-corrected chi connectivity index (χ4v) is 3.28. The molecule has 1 aromatic heterocycles. The van der Waals surface area contributed by atoms with Crippen LogP contribution in [0.4, 0.5) is 0 Å². The van der Waals surface area contributed by atoms with E-state index in [4.69, 9.17) is 13.9 Å². The summed E-state index contributed by atoms with van der Waals surface area (Å²) in [4.78, 5) is 12.8. The van der Waals surface area contributed by atoms with Crippen LogP contribution >= 0.6 is 15.9 Å². The molecule has 114 valence electrons. The van der Waals surface area contributed by atoms with Gasteiger partial charge in [0.2, 0.25) is 5.78 Å². The standard InChI is InChI=1S/C18H11BrO4/c1-21-16-11-7-8-22-17(11)14(19)18-13(16)15(20)12(23-18)9-10-5-3-2-4-6-10/h2-9H,1H3/b12-9-. The van der Waals surface area contributed by atoms with Gasteiger partial charge in [0.1, 0.15) is 15.8 Å². The summed E-state index contributed by atoms with van der Waals surface area (Å²) >= 11 is 3.46. The summed E-state index contributed by atoms with van der Waals surface area (Å²) in [6.07, 6.45) is 3.27. The van der Waals surface area contributed by atoms with Crippen LogP contribution in [0.15, 0.2) is 57.3 Å². The summed E-state index contributed by atoms with van der Waals surface area (Å²) < 4.78 is 17.3. The van der Waals surface area contributed by atoms with Crippen molar-refractivity contribution >= 4 is 38.8 Å². The molecule has 0 N–H and O–H groups in total. The number of allylic oxidation sites excluding steroid dienone is 1. The molecule has 0 atom stereocenters. The monoisotopic (exact) mass is 370 g/mol. The summed E-state index contributed by atoms with van der Waals surface area (Å²) in [5, 5.41) is 0.732. The van der Waals surface area contributed by atoms with E-state index in [0.29, 0.717) is 27.1 Å². The number of hydrogen-bond acceptors (Lipinski definition) is 4. The number of rotatable bonds is 2. The summed E-state index contributed by atoms with van der Waals surface area (Å²) in [7, 11) is 1.53. The van der Waals surface area contributed by atoms with Crippen LogP contribution < -0.4 is 9.47 Å². The smallest absolute Gasteiger partial charge is 0.235 e. The zero-order valence-corrected chi connectivity index (χ0v) is 13.7. The third-order valence-corrected chi connectivity index (χ3v) is 4.45. The van der Waals surface area contributed by atoms with Gasteiger partial charge in [-0.1, -0.05) is 30.3 Å². The number of furan rings is 1. The van der Waals surface area contributed by atoms with E-state index in [0.717, 1.165) is 10.9 Å². The summed E-state index contributed by atoms with van der Waals surface area (Å²) in [5.41, 5.74) is 1.90. The van der Waals surface area contributed by atoms with Crippen molar-refractivity contribution in [2.24, 2.45) is 0 Å². The molecule has 0 saturated heterocycles. The Bertz CT molecular complexity index is 954. The number of halogens is 1. The number of carbonyl (C=O) groups excluding carboxylic acids is 1. The first-order valence-corrected chi connectivity index (χ1v) is 7.76. The molecule has 0 bridgehead atoms. The Labute approximate surface area is 140 Å². The Kier molecular flexibility index (Phi) is 3.23. The highest BCUT2D eigenvalue weighted by atomic mass is 79.9. The number of ether oxygens (including phenoxy) is 2. The lowest BCUT2D eigenvalue weighted by molar-refractivity contribution is 0.101. The third-order valence-electron chi connectivity index (χ3n) is 3.73. The molecule has 3 aromatic rings. The Hall–Kier alpha value is -2.53. The minimum absolute atomic E-state index is 0.204. The van der Waals surface area contributed by atoms with E-state index in [1.165, 1.54) is 7.11 Å². The number of ketones is 1. The molecule has 0 saturated carbocycles. The lowest BCUT2D eigenvalue weighted by atomic mass is 10.1. The van der Waals surface area contributed by atoms with Gasteiger partial charge in [-0.05, 0) is 33.6 Å². The molecule has 0 aliphatic carbocycles. The first kappa shape index (κ1) is 14.1. The van der Waals surface area contributed by atoms with E-state index in [2.05, 4.69) is 15.9 Å². The van der Waals surface area contributed by atoms with Gasteiger partial charge in [-0.2, -0.15) is 0 Å². The van der Waals surface area contributed by atoms with Gasteiger partial charge in [-0.3, -0.25) is 4.79 Å². The summed E-state index contributed by atoms with van der Waals surface area (Å²) in [6.45, 7) is 0. The van der Waals surface area contributed by atoms with Gasteiger partial charge in [-0.15, -0.1) is 0 Å². The molecule has 0 unspecified atom stereocenters. The molecule has 1 aliphatic heterocycles. The second-order valence-electron chi connectivity index (χ2n) is 5.07. The van der Waals surface area contributed by atoms with Gasteiger partial charge in [0.05, 0.1) is 18.8 Å². The number of benzene rings is 2. The van der Waals surface area contributed by atoms with Crippen molar-refractivity contribution in [3.05, 3.63) is 64.0 Å². The van der Waals surface area contributed by atoms with E-state index >= 15 is 0 Å². The molecule has 2 aromatic carbocycles. The van der Waals surface area contributed by atoms with E-state index in [9.17, 15) is 4.79 Å². The van der Waals surface area contributed by atoms with E-state index < -0.39 is 0 Å². The Morgan fingerprint density at radius 1 is 1.17 bits per heavy atom. The lowest BCUT2D eigenvalue weighted by Crippen LogP contribution is -2.00. The molecule has 4 nitrogen and oxygen atoms in total. The van der Waals surface area contributed by atoms with E-state index in [1.807, 2.05) is 30.3 Å². The number of Topliss-reactive ketones (excluding diaryl/α,β-unsaturated/α-hetero) is 1. The van der Waals surface area contributed by atoms with E-state index in [1.54, 1.807) is 18.4 Å². The van der Waals surface area contributed by atoms with Gasteiger partial charge in [0, 0.05) is 0 Å².